The Morgan fingerprint density at radius 2 is 1.75 bits per heavy atom. The van der Waals surface area contributed by atoms with Crippen molar-refractivity contribution in [3.63, 3.8) is 0 Å². The van der Waals surface area contributed by atoms with Gasteiger partial charge in [0, 0.05) is 19.7 Å². The summed E-state index contributed by atoms with van der Waals surface area (Å²) in [5, 5.41) is 0. The molecule has 0 bridgehead atoms. The van der Waals surface area contributed by atoms with Crippen LogP contribution >= 0.6 is 0 Å². The fourth-order valence-corrected chi connectivity index (χ4v) is 3.55. The highest BCUT2D eigenvalue weighted by Gasteiger charge is 2.32. The van der Waals surface area contributed by atoms with Crippen LogP contribution in [-0.4, -0.2) is 30.5 Å². The first-order chi connectivity index (χ1) is 11.8. The number of methoxy groups -OCH3 is 1. The summed E-state index contributed by atoms with van der Waals surface area (Å²) in [6.07, 6.45) is 3.72. The first kappa shape index (κ1) is 16.7. The van der Waals surface area contributed by atoms with Gasteiger partial charge >= 0.3 is 0 Å². The average molecular weight is 323 g/mol. The summed E-state index contributed by atoms with van der Waals surface area (Å²) in [7, 11) is 1.62. The molecular formula is C21H25NO2. The van der Waals surface area contributed by atoms with Gasteiger partial charge < -0.3 is 9.64 Å². The van der Waals surface area contributed by atoms with E-state index in [0.29, 0.717) is 0 Å². The molecule has 2 aromatic rings. The van der Waals surface area contributed by atoms with Crippen LogP contribution in [0.3, 0.4) is 0 Å². The number of benzene rings is 2. The van der Waals surface area contributed by atoms with Gasteiger partial charge in [-0.05, 0) is 36.8 Å². The van der Waals surface area contributed by atoms with Gasteiger partial charge in [-0.15, -0.1) is 0 Å². The Hall–Kier alpha value is -2.13. The number of likely N-dealkylation sites (tertiary alicyclic amines) is 1. The zero-order chi connectivity index (χ0) is 16.8. The summed E-state index contributed by atoms with van der Waals surface area (Å²) in [5.41, 5.74) is 2.21. The van der Waals surface area contributed by atoms with Gasteiger partial charge in [0.2, 0.25) is 0 Å². The molecular weight excluding hydrogens is 298 g/mol. The highest BCUT2D eigenvalue weighted by atomic mass is 16.5. The standard InChI is InChI=1S/C21H25NO2/c1-24-20(18-12-6-3-7-13-18)21(23)22-15-9-8-14-19(22)16-17-10-4-2-5-11-17/h2-7,10-13,19-20H,8-9,14-16H2,1H3/t19-,20+/m1/s1. The molecule has 24 heavy (non-hydrogen) atoms. The Morgan fingerprint density at radius 3 is 2.42 bits per heavy atom. The largest absolute Gasteiger partial charge is 0.367 e. The van der Waals surface area contributed by atoms with Crippen LogP contribution in [0.1, 0.15) is 36.5 Å². The SMILES string of the molecule is CO[C@H](C(=O)N1CCCC[C@@H]1Cc1ccccc1)c1ccccc1. The number of hydrogen-bond donors (Lipinski definition) is 0. The van der Waals surface area contributed by atoms with Crippen molar-refractivity contribution < 1.29 is 9.53 Å². The summed E-state index contributed by atoms with van der Waals surface area (Å²) >= 11 is 0. The van der Waals surface area contributed by atoms with Crippen LogP contribution in [0, 0.1) is 0 Å². The van der Waals surface area contributed by atoms with Gasteiger partial charge in [-0.25, -0.2) is 0 Å². The van der Waals surface area contributed by atoms with E-state index in [9.17, 15) is 4.79 Å². The Labute approximate surface area is 144 Å². The molecule has 1 heterocycles. The van der Waals surface area contributed by atoms with Crippen molar-refractivity contribution in [1.82, 2.24) is 4.90 Å². The maximum absolute atomic E-state index is 13.1. The molecule has 0 saturated carbocycles. The number of carbonyl (C=O) groups excluding carboxylic acids is 1. The lowest BCUT2D eigenvalue weighted by Gasteiger charge is -2.37. The number of nitrogens with zero attached hydrogens (tertiary/aromatic N) is 1. The quantitative estimate of drug-likeness (QED) is 0.832. The fraction of sp³-hybridized carbons (Fsp3) is 0.381. The third kappa shape index (κ3) is 3.85. The Kier molecular flexibility index (Phi) is 5.65. The second-order valence-electron chi connectivity index (χ2n) is 6.40. The molecule has 0 unspecified atom stereocenters. The summed E-state index contributed by atoms with van der Waals surface area (Å²) in [5.74, 6) is 0.0873. The summed E-state index contributed by atoms with van der Waals surface area (Å²) in [6, 6.07) is 20.5. The van der Waals surface area contributed by atoms with Crippen molar-refractivity contribution in [1.29, 1.82) is 0 Å². The van der Waals surface area contributed by atoms with Crippen molar-refractivity contribution >= 4 is 5.91 Å². The lowest BCUT2D eigenvalue weighted by molar-refractivity contribution is -0.146. The van der Waals surface area contributed by atoms with E-state index in [1.165, 1.54) is 12.0 Å². The predicted octanol–water partition coefficient (Wildman–Crippen LogP) is 4.00. The Morgan fingerprint density at radius 1 is 1.08 bits per heavy atom. The minimum atomic E-state index is -0.512. The molecule has 3 nitrogen and oxygen atoms in total. The minimum Gasteiger partial charge on any atom is -0.367 e. The molecule has 1 aliphatic heterocycles. The van der Waals surface area contributed by atoms with Crippen LogP contribution < -0.4 is 0 Å². The Balaban J connectivity index is 1.77. The van der Waals surface area contributed by atoms with Crippen molar-refractivity contribution in [3.8, 4) is 0 Å². The van der Waals surface area contributed by atoms with E-state index in [0.717, 1.165) is 31.4 Å². The smallest absolute Gasteiger partial charge is 0.256 e. The van der Waals surface area contributed by atoms with Gasteiger partial charge in [0.05, 0.1) is 0 Å². The van der Waals surface area contributed by atoms with Crippen LogP contribution in [-0.2, 0) is 16.0 Å². The van der Waals surface area contributed by atoms with Gasteiger partial charge in [-0.2, -0.15) is 0 Å². The Bertz CT molecular complexity index is 641. The molecule has 0 aliphatic carbocycles. The minimum absolute atomic E-state index is 0.0873. The van der Waals surface area contributed by atoms with Crippen molar-refractivity contribution in [2.24, 2.45) is 0 Å². The molecule has 1 saturated heterocycles. The van der Waals surface area contributed by atoms with Crippen LogP contribution in [0.4, 0.5) is 0 Å². The molecule has 1 fully saturated rings. The second kappa shape index (κ2) is 8.11. The average Bonchev–Trinajstić information content (AvgIpc) is 2.64. The highest BCUT2D eigenvalue weighted by molar-refractivity contribution is 5.82. The normalized spacial score (nSPS) is 19.0. The van der Waals surface area contributed by atoms with Crippen LogP contribution in [0.5, 0.6) is 0 Å². The van der Waals surface area contributed by atoms with E-state index in [2.05, 4.69) is 24.3 Å². The van der Waals surface area contributed by atoms with Crippen molar-refractivity contribution in [2.45, 2.75) is 37.8 Å². The zero-order valence-corrected chi connectivity index (χ0v) is 14.2. The highest BCUT2D eigenvalue weighted by Crippen LogP contribution is 2.26. The van der Waals surface area contributed by atoms with Gasteiger partial charge in [0.1, 0.15) is 0 Å². The summed E-state index contributed by atoms with van der Waals surface area (Å²) < 4.78 is 5.56. The molecule has 0 radical (unpaired) electrons. The maximum atomic E-state index is 13.1. The van der Waals surface area contributed by atoms with Crippen LogP contribution in [0.15, 0.2) is 60.7 Å². The molecule has 3 rings (SSSR count). The van der Waals surface area contributed by atoms with Crippen LogP contribution in [0.2, 0.25) is 0 Å². The summed E-state index contributed by atoms with van der Waals surface area (Å²) in [4.78, 5) is 15.2. The fourth-order valence-electron chi connectivity index (χ4n) is 3.55. The molecule has 2 atom stereocenters. The van der Waals surface area contributed by atoms with Crippen LogP contribution in [0.25, 0.3) is 0 Å². The van der Waals surface area contributed by atoms with Gasteiger partial charge in [0.15, 0.2) is 6.10 Å². The first-order valence-corrected chi connectivity index (χ1v) is 8.71. The molecule has 0 N–H and O–H groups in total. The van der Waals surface area contributed by atoms with E-state index in [1.807, 2.05) is 41.3 Å². The molecule has 1 amide bonds. The van der Waals surface area contributed by atoms with Crippen molar-refractivity contribution in [3.05, 3.63) is 71.8 Å². The predicted molar refractivity (Wildman–Crippen MR) is 95.7 cm³/mol. The van der Waals surface area contributed by atoms with E-state index < -0.39 is 6.10 Å². The molecule has 3 heteroatoms. The number of hydrogen-bond acceptors (Lipinski definition) is 2. The second-order valence-corrected chi connectivity index (χ2v) is 6.40. The first-order valence-electron chi connectivity index (χ1n) is 8.71. The molecule has 1 aliphatic rings. The maximum Gasteiger partial charge on any atom is 0.256 e. The third-order valence-electron chi connectivity index (χ3n) is 4.79. The lowest BCUT2D eigenvalue weighted by atomic mass is 9.94. The van der Waals surface area contributed by atoms with Gasteiger partial charge in [0.25, 0.3) is 5.91 Å². The van der Waals surface area contributed by atoms with E-state index in [4.69, 9.17) is 4.74 Å². The molecule has 0 spiro atoms. The number of piperidine rings is 1. The summed E-state index contributed by atoms with van der Waals surface area (Å²) in [6.45, 7) is 0.822. The van der Waals surface area contributed by atoms with Gasteiger partial charge in [-0.3, -0.25) is 4.79 Å². The lowest BCUT2D eigenvalue weighted by Crippen LogP contribution is -2.47. The number of ether oxygens (including phenoxy) is 1. The van der Waals surface area contributed by atoms with E-state index in [-0.39, 0.29) is 11.9 Å². The molecule has 2 aromatic carbocycles. The topological polar surface area (TPSA) is 29.5 Å². The van der Waals surface area contributed by atoms with E-state index >= 15 is 0 Å². The molecule has 126 valence electrons. The monoisotopic (exact) mass is 323 g/mol. The number of amides is 1. The van der Waals surface area contributed by atoms with E-state index in [1.54, 1.807) is 7.11 Å². The zero-order valence-electron chi connectivity index (χ0n) is 14.2. The third-order valence-corrected chi connectivity index (χ3v) is 4.79. The van der Waals surface area contributed by atoms with Gasteiger partial charge in [-0.1, -0.05) is 60.7 Å². The molecule has 0 aromatic heterocycles. The van der Waals surface area contributed by atoms with Crippen molar-refractivity contribution in [2.75, 3.05) is 13.7 Å². The number of carbonyl (C=O) groups is 1. The number of rotatable bonds is 5.